The molecule has 1 saturated heterocycles. The van der Waals surface area contributed by atoms with E-state index in [1.807, 2.05) is 12.1 Å². The summed E-state index contributed by atoms with van der Waals surface area (Å²) in [6.45, 7) is 3.57. The van der Waals surface area contributed by atoms with Gasteiger partial charge in [-0.05, 0) is 48.9 Å². The van der Waals surface area contributed by atoms with Crippen molar-refractivity contribution in [2.24, 2.45) is 0 Å². The maximum absolute atomic E-state index is 14.0. The van der Waals surface area contributed by atoms with Crippen molar-refractivity contribution in [1.29, 1.82) is 0 Å². The van der Waals surface area contributed by atoms with E-state index in [1.54, 1.807) is 19.2 Å². The standard InChI is InChI=1S/C19H21Cl2FN2O/c1-25-18-6-4-14(22)12-16(18)19(24-9-2-7-23-8-10-24)15-5-3-13(20)11-17(15)21/h3-6,11-12,19,23H,2,7-10H2,1H3. The Labute approximate surface area is 157 Å². The second kappa shape index (κ2) is 8.37. The molecule has 0 radical (unpaired) electrons. The van der Waals surface area contributed by atoms with Gasteiger partial charge in [-0.2, -0.15) is 0 Å². The molecule has 1 aliphatic rings. The van der Waals surface area contributed by atoms with Crippen LogP contribution in [0, 0.1) is 5.82 Å². The first-order valence-electron chi connectivity index (χ1n) is 8.33. The van der Waals surface area contributed by atoms with E-state index in [0.29, 0.717) is 15.8 Å². The normalized spacial score (nSPS) is 17.1. The Balaban J connectivity index is 2.13. The number of ether oxygens (including phenoxy) is 1. The number of rotatable bonds is 4. The zero-order valence-electron chi connectivity index (χ0n) is 14.1. The molecule has 1 heterocycles. The van der Waals surface area contributed by atoms with Gasteiger partial charge in [-0.15, -0.1) is 0 Å². The molecule has 0 bridgehead atoms. The van der Waals surface area contributed by atoms with Crippen LogP contribution in [-0.4, -0.2) is 38.2 Å². The van der Waals surface area contributed by atoms with Crippen molar-refractivity contribution in [2.75, 3.05) is 33.3 Å². The van der Waals surface area contributed by atoms with E-state index >= 15 is 0 Å². The first-order valence-corrected chi connectivity index (χ1v) is 9.09. The van der Waals surface area contributed by atoms with Gasteiger partial charge in [0.15, 0.2) is 0 Å². The third-order valence-corrected chi connectivity index (χ3v) is 5.05. The van der Waals surface area contributed by atoms with Crippen molar-refractivity contribution in [3.63, 3.8) is 0 Å². The predicted molar refractivity (Wildman–Crippen MR) is 100 cm³/mol. The molecule has 6 heteroatoms. The Morgan fingerprint density at radius 3 is 2.68 bits per heavy atom. The SMILES string of the molecule is COc1ccc(F)cc1C(c1ccc(Cl)cc1Cl)N1CCCNCC1. The Morgan fingerprint density at radius 1 is 1.08 bits per heavy atom. The van der Waals surface area contributed by atoms with Crippen LogP contribution in [0.25, 0.3) is 0 Å². The highest BCUT2D eigenvalue weighted by Gasteiger charge is 2.28. The number of nitrogens with one attached hydrogen (secondary N) is 1. The zero-order valence-corrected chi connectivity index (χ0v) is 15.6. The topological polar surface area (TPSA) is 24.5 Å². The van der Waals surface area contributed by atoms with Crippen LogP contribution in [0.15, 0.2) is 36.4 Å². The lowest BCUT2D eigenvalue weighted by Gasteiger charge is -2.32. The van der Waals surface area contributed by atoms with Crippen molar-refractivity contribution in [1.82, 2.24) is 10.2 Å². The van der Waals surface area contributed by atoms with E-state index in [0.717, 1.165) is 43.7 Å². The summed E-state index contributed by atoms with van der Waals surface area (Å²) in [5.41, 5.74) is 1.67. The average molecular weight is 383 g/mol. The quantitative estimate of drug-likeness (QED) is 0.840. The molecular weight excluding hydrogens is 362 g/mol. The van der Waals surface area contributed by atoms with Crippen LogP contribution in [0.3, 0.4) is 0 Å². The third kappa shape index (κ3) is 4.26. The maximum Gasteiger partial charge on any atom is 0.124 e. The Kier molecular flexibility index (Phi) is 6.18. The monoisotopic (exact) mass is 382 g/mol. The lowest BCUT2D eigenvalue weighted by molar-refractivity contribution is 0.236. The fourth-order valence-electron chi connectivity index (χ4n) is 3.33. The van der Waals surface area contributed by atoms with Gasteiger partial charge in [0.05, 0.1) is 13.2 Å². The number of benzene rings is 2. The predicted octanol–water partition coefficient (Wildman–Crippen LogP) is 4.53. The number of hydrogen-bond acceptors (Lipinski definition) is 3. The molecule has 1 atom stereocenters. The molecule has 0 amide bonds. The van der Waals surface area contributed by atoms with Crippen molar-refractivity contribution in [3.8, 4) is 5.75 Å². The lowest BCUT2D eigenvalue weighted by atomic mass is 9.95. The molecule has 25 heavy (non-hydrogen) atoms. The van der Waals surface area contributed by atoms with Crippen molar-refractivity contribution < 1.29 is 9.13 Å². The maximum atomic E-state index is 14.0. The first kappa shape index (κ1) is 18.5. The smallest absolute Gasteiger partial charge is 0.124 e. The zero-order chi connectivity index (χ0) is 17.8. The minimum Gasteiger partial charge on any atom is -0.496 e. The summed E-state index contributed by atoms with van der Waals surface area (Å²) < 4.78 is 19.5. The van der Waals surface area contributed by atoms with Gasteiger partial charge in [-0.25, -0.2) is 4.39 Å². The van der Waals surface area contributed by atoms with Crippen LogP contribution >= 0.6 is 23.2 Å². The summed E-state index contributed by atoms with van der Waals surface area (Å²) in [6.07, 6.45) is 1.01. The number of nitrogens with zero attached hydrogens (tertiary/aromatic N) is 1. The molecule has 1 unspecified atom stereocenters. The van der Waals surface area contributed by atoms with E-state index < -0.39 is 0 Å². The minimum atomic E-state index is -0.293. The summed E-state index contributed by atoms with van der Waals surface area (Å²) in [6, 6.07) is 9.87. The van der Waals surface area contributed by atoms with Crippen LogP contribution < -0.4 is 10.1 Å². The molecule has 0 saturated carbocycles. The highest BCUT2D eigenvalue weighted by atomic mass is 35.5. The van der Waals surface area contributed by atoms with Gasteiger partial charge in [0.25, 0.3) is 0 Å². The number of halogens is 3. The number of hydrogen-bond donors (Lipinski definition) is 1. The highest BCUT2D eigenvalue weighted by molar-refractivity contribution is 6.35. The van der Waals surface area contributed by atoms with Crippen LogP contribution in [0.5, 0.6) is 5.75 Å². The molecular formula is C19H21Cl2FN2O. The fraction of sp³-hybridized carbons (Fsp3) is 0.368. The van der Waals surface area contributed by atoms with Crippen molar-refractivity contribution >= 4 is 23.2 Å². The van der Waals surface area contributed by atoms with Crippen molar-refractivity contribution in [3.05, 3.63) is 63.4 Å². The molecule has 3 nitrogen and oxygen atoms in total. The second-order valence-corrected chi connectivity index (χ2v) is 6.94. The molecule has 2 aromatic carbocycles. The summed E-state index contributed by atoms with van der Waals surface area (Å²) >= 11 is 12.6. The second-order valence-electron chi connectivity index (χ2n) is 6.09. The largest absolute Gasteiger partial charge is 0.496 e. The molecule has 1 aliphatic heterocycles. The van der Waals surface area contributed by atoms with Gasteiger partial charge >= 0.3 is 0 Å². The van der Waals surface area contributed by atoms with E-state index in [2.05, 4.69) is 10.2 Å². The van der Waals surface area contributed by atoms with Crippen molar-refractivity contribution in [2.45, 2.75) is 12.5 Å². The summed E-state index contributed by atoms with van der Waals surface area (Å²) in [7, 11) is 1.60. The van der Waals surface area contributed by atoms with E-state index in [4.69, 9.17) is 27.9 Å². The average Bonchev–Trinajstić information content (AvgIpc) is 2.87. The van der Waals surface area contributed by atoms with Gasteiger partial charge in [-0.3, -0.25) is 4.90 Å². The molecule has 0 aliphatic carbocycles. The lowest BCUT2D eigenvalue weighted by Crippen LogP contribution is -2.33. The third-order valence-electron chi connectivity index (χ3n) is 4.48. The molecule has 2 aromatic rings. The molecule has 0 spiro atoms. The van der Waals surface area contributed by atoms with Crippen LogP contribution in [-0.2, 0) is 0 Å². The van der Waals surface area contributed by atoms with Gasteiger partial charge in [0.1, 0.15) is 11.6 Å². The molecule has 134 valence electrons. The van der Waals surface area contributed by atoms with Gasteiger partial charge in [-0.1, -0.05) is 29.3 Å². The summed E-state index contributed by atoms with van der Waals surface area (Å²) in [5, 5.41) is 4.55. The molecule has 3 rings (SSSR count). The molecule has 1 N–H and O–H groups in total. The van der Waals surface area contributed by atoms with E-state index in [-0.39, 0.29) is 11.9 Å². The van der Waals surface area contributed by atoms with Gasteiger partial charge in [0.2, 0.25) is 0 Å². The molecule has 0 aromatic heterocycles. The Hall–Kier alpha value is -1.33. The van der Waals surface area contributed by atoms with Gasteiger partial charge < -0.3 is 10.1 Å². The summed E-state index contributed by atoms with van der Waals surface area (Å²) in [4.78, 5) is 2.31. The van der Waals surface area contributed by atoms with Crippen LogP contribution in [0.4, 0.5) is 4.39 Å². The minimum absolute atomic E-state index is 0.199. The number of methoxy groups -OCH3 is 1. The Bertz CT molecular complexity index is 733. The summed E-state index contributed by atoms with van der Waals surface area (Å²) in [5.74, 6) is 0.355. The van der Waals surface area contributed by atoms with Crippen LogP contribution in [0.2, 0.25) is 10.0 Å². The fourth-order valence-corrected chi connectivity index (χ4v) is 3.84. The van der Waals surface area contributed by atoms with E-state index in [1.165, 1.54) is 12.1 Å². The Morgan fingerprint density at radius 2 is 1.92 bits per heavy atom. The first-order chi connectivity index (χ1) is 12.1. The molecule has 1 fully saturated rings. The van der Waals surface area contributed by atoms with Gasteiger partial charge in [0, 0.05) is 35.2 Å². The highest BCUT2D eigenvalue weighted by Crippen LogP contribution is 2.39. The van der Waals surface area contributed by atoms with Crippen LogP contribution in [0.1, 0.15) is 23.6 Å². The van der Waals surface area contributed by atoms with E-state index in [9.17, 15) is 4.39 Å².